The van der Waals surface area contributed by atoms with Gasteiger partial charge in [-0.3, -0.25) is 9.48 Å². The van der Waals surface area contributed by atoms with Crippen LogP contribution in [0.1, 0.15) is 20.1 Å². The first-order valence-electron chi connectivity index (χ1n) is 4.72. The van der Waals surface area contributed by atoms with E-state index in [1.807, 2.05) is 32.3 Å². The third kappa shape index (κ3) is 2.33. The number of hydrogen-bond donors (Lipinski definition) is 0. The minimum absolute atomic E-state index is 0.168. The molecule has 0 unspecified atom stereocenters. The Bertz CT molecular complexity index is 484. The van der Waals surface area contributed by atoms with Crippen LogP contribution in [0, 0.1) is 6.92 Å². The SMILES string of the molecule is Cc1ccc(C(=O)Cc2cnn(C)c2)s1. The Hall–Kier alpha value is -1.42. The number of ketones is 1. The van der Waals surface area contributed by atoms with Crippen LogP contribution in [0.4, 0.5) is 0 Å². The molecule has 0 aliphatic carbocycles. The van der Waals surface area contributed by atoms with Crippen molar-refractivity contribution in [2.45, 2.75) is 13.3 Å². The van der Waals surface area contributed by atoms with E-state index in [0.717, 1.165) is 10.4 Å². The van der Waals surface area contributed by atoms with Gasteiger partial charge in [0.25, 0.3) is 0 Å². The quantitative estimate of drug-likeness (QED) is 0.743. The van der Waals surface area contributed by atoms with E-state index in [9.17, 15) is 4.79 Å². The lowest BCUT2D eigenvalue weighted by Gasteiger charge is -1.93. The molecular formula is C11H12N2OS. The summed E-state index contributed by atoms with van der Waals surface area (Å²) in [5.74, 6) is 0.168. The second-order valence-corrected chi connectivity index (χ2v) is 4.82. The number of thiophene rings is 1. The standard InChI is InChI=1S/C11H12N2OS/c1-8-3-4-11(15-8)10(14)5-9-6-12-13(2)7-9/h3-4,6-7H,5H2,1-2H3. The monoisotopic (exact) mass is 220 g/mol. The van der Waals surface area contributed by atoms with Gasteiger partial charge in [-0.1, -0.05) is 0 Å². The van der Waals surface area contributed by atoms with E-state index in [2.05, 4.69) is 5.10 Å². The van der Waals surface area contributed by atoms with Crippen LogP contribution in [0.15, 0.2) is 24.5 Å². The highest BCUT2D eigenvalue weighted by Gasteiger charge is 2.09. The Morgan fingerprint density at radius 1 is 1.53 bits per heavy atom. The predicted molar refractivity (Wildman–Crippen MR) is 60.3 cm³/mol. The number of carbonyl (C=O) groups excluding carboxylic acids is 1. The van der Waals surface area contributed by atoms with Crippen LogP contribution in [0.3, 0.4) is 0 Å². The van der Waals surface area contributed by atoms with Crippen molar-refractivity contribution < 1.29 is 4.79 Å². The molecule has 4 heteroatoms. The average Bonchev–Trinajstić information content (AvgIpc) is 2.75. The molecule has 0 aliphatic rings. The molecule has 2 aromatic rings. The minimum atomic E-state index is 0.168. The molecule has 78 valence electrons. The summed E-state index contributed by atoms with van der Waals surface area (Å²) in [6, 6.07) is 3.86. The first-order valence-corrected chi connectivity index (χ1v) is 5.54. The minimum Gasteiger partial charge on any atom is -0.293 e. The van der Waals surface area contributed by atoms with Crippen molar-refractivity contribution in [3.05, 3.63) is 39.8 Å². The van der Waals surface area contributed by atoms with Crippen molar-refractivity contribution in [2.24, 2.45) is 7.05 Å². The first kappa shape index (κ1) is 10.1. The van der Waals surface area contributed by atoms with Crippen molar-refractivity contribution in [1.29, 1.82) is 0 Å². The van der Waals surface area contributed by atoms with Crippen LogP contribution in [0.5, 0.6) is 0 Å². The third-order valence-electron chi connectivity index (χ3n) is 2.14. The molecule has 2 aromatic heterocycles. The normalized spacial score (nSPS) is 10.5. The molecule has 0 bridgehead atoms. The molecule has 0 saturated heterocycles. The molecule has 0 fully saturated rings. The smallest absolute Gasteiger partial charge is 0.177 e. The zero-order valence-electron chi connectivity index (χ0n) is 8.73. The number of aryl methyl sites for hydroxylation is 2. The second-order valence-electron chi connectivity index (χ2n) is 3.53. The first-order chi connectivity index (χ1) is 7.15. The predicted octanol–water partition coefficient (Wildman–Crippen LogP) is 2.22. The molecule has 0 aromatic carbocycles. The molecule has 2 heterocycles. The van der Waals surface area contributed by atoms with E-state index in [0.29, 0.717) is 6.42 Å². The molecule has 3 nitrogen and oxygen atoms in total. The number of carbonyl (C=O) groups is 1. The van der Waals surface area contributed by atoms with Gasteiger partial charge in [-0.2, -0.15) is 5.10 Å². The molecule has 0 radical (unpaired) electrons. The fourth-order valence-corrected chi connectivity index (χ4v) is 2.23. The van der Waals surface area contributed by atoms with Gasteiger partial charge in [0.2, 0.25) is 0 Å². The van der Waals surface area contributed by atoms with Gasteiger partial charge in [-0.15, -0.1) is 11.3 Å². The van der Waals surface area contributed by atoms with Crippen molar-refractivity contribution >= 4 is 17.1 Å². The summed E-state index contributed by atoms with van der Waals surface area (Å²) in [6.07, 6.45) is 4.05. The van der Waals surface area contributed by atoms with E-state index in [1.54, 1.807) is 22.2 Å². The summed E-state index contributed by atoms with van der Waals surface area (Å²) in [7, 11) is 1.85. The van der Waals surface area contributed by atoms with Crippen LogP contribution in [-0.4, -0.2) is 15.6 Å². The fourth-order valence-electron chi connectivity index (χ4n) is 1.42. The molecule has 2 rings (SSSR count). The van der Waals surface area contributed by atoms with E-state index >= 15 is 0 Å². The second kappa shape index (κ2) is 3.98. The molecule has 0 amide bonds. The highest BCUT2D eigenvalue weighted by Crippen LogP contribution is 2.17. The largest absolute Gasteiger partial charge is 0.293 e. The number of Topliss-reactive ketones (excluding diaryl/α,β-unsaturated/α-hetero) is 1. The lowest BCUT2D eigenvalue weighted by atomic mass is 10.1. The van der Waals surface area contributed by atoms with Gasteiger partial charge in [0.05, 0.1) is 11.1 Å². The zero-order valence-corrected chi connectivity index (χ0v) is 9.54. The zero-order chi connectivity index (χ0) is 10.8. The summed E-state index contributed by atoms with van der Waals surface area (Å²) < 4.78 is 1.71. The third-order valence-corrected chi connectivity index (χ3v) is 3.18. The van der Waals surface area contributed by atoms with Gasteiger partial charge < -0.3 is 0 Å². The molecule has 0 atom stereocenters. The summed E-state index contributed by atoms with van der Waals surface area (Å²) in [4.78, 5) is 13.8. The Balaban J connectivity index is 2.10. The number of aromatic nitrogens is 2. The van der Waals surface area contributed by atoms with Gasteiger partial charge >= 0.3 is 0 Å². The highest BCUT2D eigenvalue weighted by atomic mass is 32.1. The van der Waals surface area contributed by atoms with Crippen LogP contribution in [-0.2, 0) is 13.5 Å². The molecule has 0 saturated carbocycles. The Kier molecular flexibility index (Phi) is 2.68. The van der Waals surface area contributed by atoms with E-state index < -0.39 is 0 Å². The van der Waals surface area contributed by atoms with Crippen LogP contribution >= 0.6 is 11.3 Å². The molecular weight excluding hydrogens is 208 g/mol. The molecule has 0 N–H and O–H groups in total. The summed E-state index contributed by atoms with van der Waals surface area (Å²) in [6.45, 7) is 2.01. The highest BCUT2D eigenvalue weighted by molar-refractivity contribution is 7.14. The Morgan fingerprint density at radius 3 is 2.87 bits per heavy atom. The summed E-state index contributed by atoms with van der Waals surface area (Å²) in [5, 5.41) is 4.04. The average molecular weight is 220 g/mol. The Morgan fingerprint density at radius 2 is 2.33 bits per heavy atom. The lowest BCUT2D eigenvalue weighted by molar-refractivity contribution is 0.0997. The summed E-state index contributed by atoms with van der Waals surface area (Å²) in [5.41, 5.74) is 0.966. The lowest BCUT2D eigenvalue weighted by Crippen LogP contribution is -1.99. The van der Waals surface area contributed by atoms with Crippen molar-refractivity contribution in [3.63, 3.8) is 0 Å². The number of hydrogen-bond acceptors (Lipinski definition) is 3. The van der Waals surface area contributed by atoms with Crippen molar-refractivity contribution in [3.8, 4) is 0 Å². The Labute approximate surface area is 92.4 Å². The maximum absolute atomic E-state index is 11.8. The topological polar surface area (TPSA) is 34.9 Å². The van der Waals surface area contributed by atoms with Crippen molar-refractivity contribution in [1.82, 2.24) is 9.78 Å². The van der Waals surface area contributed by atoms with Gasteiger partial charge in [-0.05, 0) is 24.6 Å². The van der Waals surface area contributed by atoms with Crippen LogP contribution < -0.4 is 0 Å². The van der Waals surface area contributed by atoms with E-state index in [-0.39, 0.29) is 5.78 Å². The van der Waals surface area contributed by atoms with Gasteiger partial charge in [0, 0.05) is 24.5 Å². The maximum atomic E-state index is 11.8. The number of nitrogens with zero attached hydrogens (tertiary/aromatic N) is 2. The van der Waals surface area contributed by atoms with E-state index in [1.165, 1.54) is 4.88 Å². The molecule has 0 aliphatic heterocycles. The molecule has 15 heavy (non-hydrogen) atoms. The molecule has 0 spiro atoms. The maximum Gasteiger partial charge on any atom is 0.177 e. The van der Waals surface area contributed by atoms with Gasteiger partial charge in [0.15, 0.2) is 5.78 Å². The van der Waals surface area contributed by atoms with E-state index in [4.69, 9.17) is 0 Å². The van der Waals surface area contributed by atoms with Crippen LogP contribution in [0.25, 0.3) is 0 Å². The van der Waals surface area contributed by atoms with Crippen LogP contribution in [0.2, 0.25) is 0 Å². The van der Waals surface area contributed by atoms with Crippen molar-refractivity contribution in [2.75, 3.05) is 0 Å². The van der Waals surface area contributed by atoms with Gasteiger partial charge in [0.1, 0.15) is 0 Å². The summed E-state index contributed by atoms with van der Waals surface area (Å²) >= 11 is 1.55. The van der Waals surface area contributed by atoms with Gasteiger partial charge in [-0.25, -0.2) is 0 Å². The fraction of sp³-hybridized carbons (Fsp3) is 0.273. The number of rotatable bonds is 3.